The molecule has 0 atom stereocenters. The highest BCUT2D eigenvalue weighted by molar-refractivity contribution is 9.10. The summed E-state index contributed by atoms with van der Waals surface area (Å²) >= 11 is 8.80. The number of nitrogens with zero attached hydrogens (tertiary/aromatic N) is 1. The Hall–Kier alpha value is -1.64. The van der Waals surface area contributed by atoms with Crippen molar-refractivity contribution in [1.82, 2.24) is 4.98 Å². The Kier molecular flexibility index (Phi) is 4.50. The van der Waals surface area contributed by atoms with Crippen molar-refractivity contribution < 1.29 is 18.3 Å². The Morgan fingerprint density at radius 2 is 2.00 bits per heavy atom. The van der Waals surface area contributed by atoms with Crippen molar-refractivity contribution in [2.24, 2.45) is 0 Å². The van der Waals surface area contributed by atoms with Crippen LogP contribution >= 0.6 is 27.5 Å². The maximum absolute atomic E-state index is 12.2. The van der Waals surface area contributed by atoms with Gasteiger partial charge < -0.3 is 5.11 Å². The van der Waals surface area contributed by atoms with Crippen molar-refractivity contribution in [1.29, 1.82) is 0 Å². The molecule has 0 saturated carbocycles. The van der Waals surface area contributed by atoms with Crippen LogP contribution in [-0.2, 0) is 10.0 Å². The molecule has 0 amide bonds. The summed E-state index contributed by atoms with van der Waals surface area (Å²) in [5.74, 6) is -1.19. The first-order valence-electron chi connectivity index (χ1n) is 5.47. The average molecular weight is 392 g/mol. The molecule has 2 N–H and O–H groups in total. The molecular formula is C12H8BrClN2O4S. The second kappa shape index (κ2) is 6.00. The van der Waals surface area contributed by atoms with Crippen molar-refractivity contribution in [2.75, 3.05) is 4.72 Å². The Morgan fingerprint density at radius 1 is 1.29 bits per heavy atom. The van der Waals surface area contributed by atoms with E-state index in [-0.39, 0.29) is 20.7 Å². The molecule has 0 fully saturated rings. The minimum Gasteiger partial charge on any atom is -0.478 e. The molecule has 0 bridgehead atoms. The maximum atomic E-state index is 12.2. The predicted molar refractivity (Wildman–Crippen MR) is 81.2 cm³/mol. The van der Waals surface area contributed by atoms with E-state index in [0.717, 1.165) is 6.07 Å². The standard InChI is InChI=1S/C12H8BrClN2O4S/c13-10-2-1-8(6-9(10)12(17)18)21(19,20)16-11-5-7(14)3-4-15-11/h1-6H,(H,15,16)(H,17,18). The smallest absolute Gasteiger partial charge is 0.336 e. The van der Waals surface area contributed by atoms with Crippen molar-refractivity contribution in [3.63, 3.8) is 0 Å². The number of rotatable bonds is 4. The third kappa shape index (κ3) is 3.72. The number of aromatic nitrogens is 1. The van der Waals surface area contributed by atoms with E-state index < -0.39 is 16.0 Å². The van der Waals surface area contributed by atoms with Crippen molar-refractivity contribution in [2.45, 2.75) is 4.90 Å². The highest BCUT2D eigenvalue weighted by atomic mass is 79.9. The van der Waals surface area contributed by atoms with Gasteiger partial charge in [-0.05, 0) is 40.2 Å². The van der Waals surface area contributed by atoms with Crippen molar-refractivity contribution in [3.8, 4) is 0 Å². The van der Waals surface area contributed by atoms with Gasteiger partial charge in [0.25, 0.3) is 10.0 Å². The molecule has 21 heavy (non-hydrogen) atoms. The number of pyridine rings is 1. The van der Waals surface area contributed by atoms with Gasteiger partial charge in [-0.25, -0.2) is 18.2 Å². The van der Waals surface area contributed by atoms with E-state index in [9.17, 15) is 13.2 Å². The first-order valence-corrected chi connectivity index (χ1v) is 8.12. The van der Waals surface area contributed by atoms with Crippen LogP contribution in [0, 0.1) is 0 Å². The van der Waals surface area contributed by atoms with E-state index in [1.165, 1.54) is 30.5 Å². The molecule has 0 aliphatic carbocycles. The largest absolute Gasteiger partial charge is 0.478 e. The number of halogens is 2. The summed E-state index contributed by atoms with van der Waals surface area (Å²) in [5, 5.41) is 9.33. The van der Waals surface area contributed by atoms with E-state index in [1.807, 2.05) is 0 Å². The van der Waals surface area contributed by atoms with Crippen LogP contribution in [0.25, 0.3) is 0 Å². The molecule has 1 aromatic carbocycles. The van der Waals surface area contributed by atoms with Crippen molar-refractivity contribution in [3.05, 3.63) is 51.6 Å². The third-order valence-electron chi connectivity index (χ3n) is 2.44. The molecule has 2 aromatic rings. The third-order valence-corrected chi connectivity index (χ3v) is 4.72. The summed E-state index contributed by atoms with van der Waals surface area (Å²) in [6.07, 6.45) is 1.35. The lowest BCUT2D eigenvalue weighted by molar-refractivity contribution is 0.0695. The Labute approximate surface area is 134 Å². The van der Waals surface area contributed by atoms with Gasteiger partial charge in [0.2, 0.25) is 0 Å². The fraction of sp³-hybridized carbons (Fsp3) is 0. The van der Waals surface area contributed by atoms with Crippen LogP contribution in [0.2, 0.25) is 5.02 Å². The normalized spacial score (nSPS) is 11.1. The molecule has 0 spiro atoms. The summed E-state index contributed by atoms with van der Waals surface area (Å²) in [4.78, 5) is 14.7. The van der Waals surface area contributed by atoms with Crippen LogP contribution in [0.3, 0.4) is 0 Å². The first-order chi connectivity index (χ1) is 9.79. The topological polar surface area (TPSA) is 96.4 Å². The lowest BCUT2D eigenvalue weighted by Gasteiger charge is -2.08. The van der Waals surface area contributed by atoms with Gasteiger partial charge in [0, 0.05) is 21.8 Å². The summed E-state index contributed by atoms with van der Waals surface area (Å²) in [6.45, 7) is 0. The number of nitrogens with one attached hydrogen (secondary N) is 1. The van der Waals surface area contributed by atoms with Gasteiger partial charge in [0.1, 0.15) is 5.82 Å². The Bertz CT molecular complexity index is 811. The van der Waals surface area contributed by atoms with E-state index >= 15 is 0 Å². The molecule has 1 heterocycles. The van der Waals surface area contributed by atoms with Crippen molar-refractivity contribution >= 4 is 49.3 Å². The van der Waals surface area contributed by atoms with E-state index in [0.29, 0.717) is 5.02 Å². The van der Waals surface area contributed by atoms with Gasteiger partial charge in [0.05, 0.1) is 10.5 Å². The minimum absolute atomic E-state index is 0.0438. The number of anilines is 1. The molecule has 0 aliphatic rings. The van der Waals surface area contributed by atoms with Crippen LogP contribution in [0.1, 0.15) is 10.4 Å². The van der Waals surface area contributed by atoms with Crippen LogP contribution in [0.4, 0.5) is 5.82 Å². The molecule has 2 rings (SSSR count). The number of carbonyl (C=O) groups is 1. The summed E-state index contributed by atoms with van der Waals surface area (Å²) in [5.41, 5.74) is -0.156. The van der Waals surface area contributed by atoms with Gasteiger partial charge in [-0.2, -0.15) is 0 Å². The highest BCUT2D eigenvalue weighted by Crippen LogP contribution is 2.23. The molecule has 1 aromatic heterocycles. The monoisotopic (exact) mass is 390 g/mol. The van der Waals surface area contributed by atoms with Gasteiger partial charge in [-0.15, -0.1) is 0 Å². The molecule has 110 valence electrons. The molecule has 0 aliphatic heterocycles. The molecule has 9 heteroatoms. The molecule has 0 unspecified atom stereocenters. The molecule has 0 saturated heterocycles. The molecule has 0 radical (unpaired) electrons. The summed E-state index contributed by atoms with van der Waals surface area (Å²) in [7, 11) is -3.96. The van der Waals surface area contributed by atoms with E-state index in [4.69, 9.17) is 16.7 Å². The minimum atomic E-state index is -3.96. The Balaban J connectivity index is 2.40. The number of aromatic carboxylic acids is 1. The van der Waals surface area contributed by atoms with Gasteiger partial charge in [-0.3, -0.25) is 4.72 Å². The fourth-order valence-corrected chi connectivity index (χ4v) is 3.09. The zero-order valence-corrected chi connectivity index (χ0v) is 13.4. The molecular weight excluding hydrogens is 384 g/mol. The van der Waals surface area contributed by atoms with Gasteiger partial charge >= 0.3 is 5.97 Å². The SMILES string of the molecule is O=C(O)c1cc(S(=O)(=O)Nc2cc(Cl)ccn2)ccc1Br. The first kappa shape index (κ1) is 15.7. The summed E-state index contributed by atoms with van der Waals surface area (Å²) < 4.78 is 26.9. The molecule has 6 nitrogen and oxygen atoms in total. The zero-order valence-electron chi connectivity index (χ0n) is 10.2. The number of benzene rings is 1. The van der Waals surface area contributed by atoms with Crippen LogP contribution in [0.15, 0.2) is 45.9 Å². The summed E-state index contributed by atoms with van der Waals surface area (Å²) in [6, 6.07) is 6.53. The maximum Gasteiger partial charge on any atom is 0.336 e. The van der Waals surface area contributed by atoms with E-state index in [1.54, 1.807) is 0 Å². The van der Waals surface area contributed by atoms with Gasteiger partial charge in [0.15, 0.2) is 0 Å². The number of carboxylic acids is 1. The second-order valence-corrected chi connectivity index (χ2v) is 6.88. The number of carboxylic acid groups (broad SMARTS) is 1. The fourth-order valence-electron chi connectivity index (χ4n) is 1.49. The number of hydrogen-bond acceptors (Lipinski definition) is 4. The average Bonchev–Trinajstić information content (AvgIpc) is 2.38. The Morgan fingerprint density at radius 3 is 2.62 bits per heavy atom. The zero-order chi connectivity index (χ0) is 15.6. The highest BCUT2D eigenvalue weighted by Gasteiger charge is 2.18. The number of hydrogen-bond donors (Lipinski definition) is 2. The van der Waals surface area contributed by atoms with Crippen LogP contribution in [-0.4, -0.2) is 24.5 Å². The lowest BCUT2D eigenvalue weighted by Crippen LogP contribution is -2.14. The van der Waals surface area contributed by atoms with Crippen LogP contribution in [0.5, 0.6) is 0 Å². The number of sulfonamides is 1. The predicted octanol–water partition coefficient (Wildman–Crippen LogP) is 3.00. The van der Waals surface area contributed by atoms with Gasteiger partial charge in [-0.1, -0.05) is 11.6 Å². The quantitative estimate of drug-likeness (QED) is 0.835. The van der Waals surface area contributed by atoms with Crippen LogP contribution < -0.4 is 4.72 Å². The second-order valence-electron chi connectivity index (χ2n) is 3.91. The van der Waals surface area contributed by atoms with E-state index in [2.05, 4.69) is 25.6 Å². The lowest BCUT2D eigenvalue weighted by atomic mass is 10.2.